The van der Waals surface area contributed by atoms with Crippen LogP contribution in [0.2, 0.25) is 0 Å². The van der Waals surface area contributed by atoms with Crippen LogP contribution in [0.25, 0.3) is 0 Å². The Morgan fingerprint density at radius 1 is 1.61 bits per heavy atom. The largest absolute Gasteiger partial charge is 0.370 e. The van der Waals surface area contributed by atoms with Crippen molar-refractivity contribution >= 4 is 29.9 Å². The zero-order valence-electron chi connectivity index (χ0n) is 10.7. The van der Waals surface area contributed by atoms with Gasteiger partial charge in [0.2, 0.25) is 0 Å². The predicted octanol–water partition coefficient (Wildman–Crippen LogP) is 1.12. The first kappa shape index (κ1) is 15.2. The van der Waals surface area contributed by atoms with E-state index in [0.29, 0.717) is 12.5 Å². The summed E-state index contributed by atoms with van der Waals surface area (Å²) in [4.78, 5) is 4.27. The van der Waals surface area contributed by atoms with Gasteiger partial charge >= 0.3 is 0 Å². The summed E-state index contributed by atoms with van der Waals surface area (Å²) in [5.74, 6) is 2.13. The molecule has 18 heavy (non-hydrogen) atoms. The highest BCUT2D eigenvalue weighted by molar-refractivity contribution is 14.0. The van der Waals surface area contributed by atoms with Crippen LogP contribution in [0.1, 0.15) is 32.0 Å². The minimum Gasteiger partial charge on any atom is -0.370 e. The van der Waals surface area contributed by atoms with Crippen LogP contribution < -0.4 is 11.1 Å². The molecular weight excluding hydrogens is 343 g/mol. The van der Waals surface area contributed by atoms with E-state index >= 15 is 0 Å². The van der Waals surface area contributed by atoms with Gasteiger partial charge in [-0.3, -0.25) is 0 Å². The molecule has 0 spiro atoms. The van der Waals surface area contributed by atoms with Crippen LogP contribution in [0.4, 0.5) is 0 Å². The van der Waals surface area contributed by atoms with Crippen LogP contribution in [-0.4, -0.2) is 27.3 Å². The molecule has 102 valence electrons. The molecule has 1 heterocycles. The van der Waals surface area contributed by atoms with Gasteiger partial charge in [0.05, 0.1) is 0 Å². The van der Waals surface area contributed by atoms with E-state index in [0.717, 1.165) is 24.8 Å². The van der Waals surface area contributed by atoms with Crippen molar-refractivity contribution in [2.24, 2.45) is 16.6 Å². The van der Waals surface area contributed by atoms with E-state index in [2.05, 4.69) is 27.4 Å². The third-order valence-corrected chi connectivity index (χ3v) is 3.22. The van der Waals surface area contributed by atoms with Crippen molar-refractivity contribution < 1.29 is 0 Å². The van der Waals surface area contributed by atoms with Gasteiger partial charge in [-0.2, -0.15) is 0 Å². The fourth-order valence-corrected chi connectivity index (χ4v) is 1.82. The standard InChI is InChI=1S/C11H20N6.HI/c1-2-17-8-15-16-10(17)7-14-11(12)13-6-9-4-3-5-9;/h8-9H,2-7H2,1H3,(H3,12,13,14);1H. The maximum Gasteiger partial charge on any atom is 0.189 e. The molecule has 0 bridgehead atoms. The molecule has 0 unspecified atom stereocenters. The molecule has 1 fully saturated rings. The summed E-state index contributed by atoms with van der Waals surface area (Å²) < 4.78 is 1.96. The molecule has 7 heteroatoms. The smallest absolute Gasteiger partial charge is 0.189 e. The summed E-state index contributed by atoms with van der Waals surface area (Å²) in [5.41, 5.74) is 5.79. The highest BCUT2D eigenvalue weighted by Crippen LogP contribution is 2.24. The topological polar surface area (TPSA) is 81.1 Å². The number of hydrogen-bond acceptors (Lipinski definition) is 3. The van der Waals surface area contributed by atoms with Gasteiger partial charge in [0.1, 0.15) is 12.9 Å². The van der Waals surface area contributed by atoms with E-state index in [1.54, 1.807) is 6.33 Å². The molecule has 1 saturated carbocycles. The molecule has 6 nitrogen and oxygen atoms in total. The first-order valence-corrected chi connectivity index (χ1v) is 6.20. The van der Waals surface area contributed by atoms with E-state index in [1.807, 2.05) is 4.57 Å². The summed E-state index contributed by atoms with van der Waals surface area (Å²) in [6.07, 6.45) is 5.68. The second-order valence-corrected chi connectivity index (χ2v) is 4.41. The highest BCUT2D eigenvalue weighted by atomic mass is 127. The molecule has 0 aromatic carbocycles. The SMILES string of the molecule is CCn1cnnc1CN=C(N)NCC1CCC1.I. The Kier molecular flexibility index (Phi) is 6.37. The van der Waals surface area contributed by atoms with Crippen LogP contribution in [-0.2, 0) is 13.1 Å². The third kappa shape index (κ3) is 4.11. The van der Waals surface area contributed by atoms with Crippen molar-refractivity contribution in [3.63, 3.8) is 0 Å². The first-order valence-electron chi connectivity index (χ1n) is 6.20. The molecule has 2 rings (SSSR count). The Balaban J connectivity index is 0.00000162. The average molecular weight is 364 g/mol. The van der Waals surface area contributed by atoms with Gasteiger partial charge < -0.3 is 15.6 Å². The normalized spacial score (nSPS) is 15.9. The fourth-order valence-electron chi connectivity index (χ4n) is 1.82. The van der Waals surface area contributed by atoms with Crippen LogP contribution in [0.15, 0.2) is 11.3 Å². The minimum atomic E-state index is 0. The Labute approximate surface area is 124 Å². The molecule has 1 aliphatic carbocycles. The maximum absolute atomic E-state index is 5.79. The van der Waals surface area contributed by atoms with Crippen LogP contribution in [0.3, 0.4) is 0 Å². The lowest BCUT2D eigenvalue weighted by Gasteiger charge is -2.25. The summed E-state index contributed by atoms with van der Waals surface area (Å²) in [5, 5.41) is 11.0. The molecule has 0 atom stereocenters. The Morgan fingerprint density at radius 3 is 3.00 bits per heavy atom. The number of aryl methyl sites for hydroxylation is 1. The number of aliphatic imine (C=N–C) groups is 1. The van der Waals surface area contributed by atoms with Crippen molar-refractivity contribution in [3.05, 3.63) is 12.2 Å². The second kappa shape index (κ2) is 7.55. The van der Waals surface area contributed by atoms with Gasteiger partial charge in [-0.1, -0.05) is 6.42 Å². The van der Waals surface area contributed by atoms with Crippen molar-refractivity contribution in [3.8, 4) is 0 Å². The van der Waals surface area contributed by atoms with Crippen LogP contribution in [0, 0.1) is 5.92 Å². The number of guanidine groups is 1. The van der Waals surface area contributed by atoms with E-state index in [-0.39, 0.29) is 24.0 Å². The first-order chi connectivity index (χ1) is 8.29. The fraction of sp³-hybridized carbons (Fsp3) is 0.727. The zero-order chi connectivity index (χ0) is 12.1. The van der Waals surface area contributed by atoms with Crippen molar-refractivity contribution in [1.29, 1.82) is 0 Å². The molecule has 1 aliphatic rings. The summed E-state index contributed by atoms with van der Waals surface area (Å²) in [7, 11) is 0. The molecule has 0 amide bonds. The summed E-state index contributed by atoms with van der Waals surface area (Å²) >= 11 is 0. The number of nitrogens with two attached hydrogens (primary N) is 1. The summed E-state index contributed by atoms with van der Waals surface area (Å²) in [6, 6.07) is 0. The van der Waals surface area contributed by atoms with Crippen LogP contribution in [0.5, 0.6) is 0 Å². The Hall–Kier alpha value is -0.860. The van der Waals surface area contributed by atoms with E-state index in [1.165, 1.54) is 19.3 Å². The van der Waals surface area contributed by atoms with Gasteiger partial charge in [-0.25, -0.2) is 4.99 Å². The predicted molar refractivity (Wildman–Crippen MR) is 81.8 cm³/mol. The van der Waals surface area contributed by atoms with Gasteiger partial charge in [0, 0.05) is 13.1 Å². The van der Waals surface area contributed by atoms with Crippen molar-refractivity contribution in [1.82, 2.24) is 20.1 Å². The zero-order valence-corrected chi connectivity index (χ0v) is 13.0. The monoisotopic (exact) mass is 364 g/mol. The van der Waals surface area contributed by atoms with Gasteiger partial charge in [-0.05, 0) is 25.7 Å². The van der Waals surface area contributed by atoms with E-state index in [9.17, 15) is 0 Å². The highest BCUT2D eigenvalue weighted by Gasteiger charge is 2.16. The number of nitrogens with zero attached hydrogens (tertiary/aromatic N) is 4. The van der Waals surface area contributed by atoms with Gasteiger partial charge in [0.15, 0.2) is 11.8 Å². The molecule has 1 aromatic rings. The number of hydrogen-bond donors (Lipinski definition) is 2. The second-order valence-electron chi connectivity index (χ2n) is 4.41. The number of rotatable bonds is 5. The molecular formula is C11H21IN6. The minimum absolute atomic E-state index is 0. The molecule has 3 N–H and O–H groups in total. The lowest BCUT2D eigenvalue weighted by Crippen LogP contribution is -2.37. The van der Waals surface area contributed by atoms with Gasteiger partial charge in [-0.15, -0.1) is 34.2 Å². The Bertz CT molecular complexity index is 385. The van der Waals surface area contributed by atoms with Crippen molar-refractivity contribution in [2.45, 2.75) is 39.3 Å². The number of nitrogens with one attached hydrogen (secondary N) is 1. The number of aromatic nitrogens is 3. The van der Waals surface area contributed by atoms with E-state index < -0.39 is 0 Å². The molecule has 0 saturated heterocycles. The van der Waals surface area contributed by atoms with E-state index in [4.69, 9.17) is 5.73 Å². The molecule has 0 radical (unpaired) electrons. The lowest BCUT2D eigenvalue weighted by molar-refractivity contribution is 0.315. The Morgan fingerprint density at radius 2 is 2.39 bits per heavy atom. The quantitative estimate of drug-likeness (QED) is 0.466. The number of halogens is 1. The summed E-state index contributed by atoms with van der Waals surface area (Å²) in [6.45, 7) is 4.33. The average Bonchev–Trinajstić information content (AvgIpc) is 2.71. The maximum atomic E-state index is 5.79. The molecule has 1 aromatic heterocycles. The lowest BCUT2D eigenvalue weighted by atomic mass is 9.85. The van der Waals surface area contributed by atoms with Crippen molar-refractivity contribution in [2.75, 3.05) is 6.54 Å². The molecule has 0 aliphatic heterocycles. The van der Waals surface area contributed by atoms with Gasteiger partial charge in [0.25, 0.3) is 0 Å². The van der Waals surface area contributed by atoms with Crippen LogP contribution >= 0.6 is 24.0 Å². The third-order valence-electron chi connectivity index (χ3n) is 3.22.